The van der Waals surface area contributed by atoms with Crippen molar-refractivity contribution < 1.29 is 9.90 Å². The monoisotopic (exact) mass is 475 g/mol. The molecule has 0 saturated heterocycles. The van der Waals surface area contributed by atoms with Crippen molar-refractivity contribution in [3.05, 3.63) is 24.7 Å². The summed E-state index contributed by atoms with van der Waals surface area (Å²) in [5.41, 5.74) is 0.659. The van der Waals surface area contributed by atoms with Gasteiger partial charge in [-0.15, -0.1) is 0 Å². The van der Waals surface area contributed by atoms with Gasteiger partial charge in [-0.3, -0.25) is 14.5 Å². The molecule has 0 bridgehead atoms. The van der Waals surface area contributed by atoms with Gasteiger partial charge in [-0.25, -0.2) is 0 Å². The summed E-state index contributed by atoms with van der Waals surface area (Å²) < 4.78 is 1.90. The molecule has 5 saturated carbocycles. The van der Waals surface area contributed by atoms with Crippen LogP contribution in [0.3, 0.4) is 0 Å². The maximum absolute atomic E-state index is 14.1. The molecule has 5 aliphatic rings. The van der Waals surface area contributed by atoms with Crippen molar-refractivity contribution in [3.63, 3.8) is 0 Å². The Kier molecular flexibility index (Phi) is 5.05. The first-order valence-electron chi connectivity index (χ1n) is 14.4. The second-order valence-electron chi connectivity index (χ2n) is 13.6. The van der Waals surface area contributed by atoms with Crippen LogP contribution in [-0.4, -0.2) is 31.3 Å². The number of Topliss-reactive ketones (excluding diaryl/α,β-unsaturated/α-hetero) is 1. The number of carbonyl (C=O) groups is 1. The van der Waals surface area contributed by atoms with Crippen LogP contribution < -0.4 is 0 Å². The van der Waals surface area contributed by atoms with Crippen molar-refractivity contribution in [1.82, 2.24) is 14.8 Å². The van der Waals surface area contributed by atoms with Crippen LogP contribution in [0.2, 0.25) is 0 Å². The molecule has 5 aliphatic carbocycles. The third-order valence-electron chi connectivity index (χ3n) is 11.9. The minimum Gasteiger partial charge on any atom is -0.390 e. The Hall–Kier alpha value is -1.75. The predicted molar refractivity (Wildman–Crippen MR) is 135 cm³/mol. The molecule has 35 heavy (non-hydrogen) atoms. The quantitative estimate of drug-likeness (QED) is 0.622. The summed E-state index contributed by atoms with van der Waals surface area (Å²) in [5.74, 6) is 5.74. The van der Waals surface area contributed by atoms with Gasteiger partial charge in [0.2, 0.25) is 0 Å². The summed E-state index contributed by atoms with van der Waals surface area (Å²) in [6.07, 6.45) is 17.7. The summed E-state index contributed by atoms with van der Waals surface area (Å²) in [5, 5.41) is 16.4. The molecule has 188 valence electrons. The number of ketones is 1. The zero-order valence-corrected chi connectivity index (χ0v) is 21.4. The molecule has 2 aromatic heterocycles. The van der Waals surface area contributed by atoms with E-state index in [1.807, 2.05) is 23.1 Å². The van der Waals surface area contributed by atoms with Crippen LogP contribution in [0.15, 0.2) is 24.7 Å². The minimum absolute atomic E-state index is 0.141. The molecule has 0 radical (unpaired) electrons. The van der Waals surface area contributed by atoms with E-state index in [-0.39, 0.29) is 11.3 Å². The maximum Gasteiger partial charge on any atom is 0.158 e. The van der Waals surface area contributed by atoms with E-state index in [0.717, 1.165) is 47.4 Å². The zero-order chi connectivity index (χ0) is 23.9. The van der Waals surface area contributed by atoms with E-state index in [9.17, 15) is 9.90 Å². The molecule has 2 heterocycles. The fourth-order valence-electron chi connectivity index (χ4n) is 10.8. The third-order valence-corrected chi connectivity index (χ3v) is 11.9. The first kappa shape index (κ1) is 22.4. The van der Waals surface area contributed by atoms with Crippen LogP contribution in [0.5, 0.6) is 0 Å². The molecular weight excluding hydrogens is 434 g/mol. The Morgan fingerprint density at radius 2 is 1.80 bits per heavy atom. The molecule has 5 heteroatoms. The van der Waals surface area contributed by atoms with E-state index >= 15 is 0 Å². The molecule has 1 N–H and O–H groups in total. The molecule has 5 fully saturated rings. The highest BCUT2D eigenvalue weighted by atomic mass is 16.3. The fraction of sp³-hybridized carbons (Fsp3) is 0.767. The van der Waals surface area contributed by atoms with Gasteiger partial charge >= 0.3 is 0 Å². The average Bonchev–Trinajstić information content (AvgIpc) is 3.51. The number of aliphatic hydroxyl groups is 1. The van der Waals surface area contributed by atoms with Crippen molar-refractivity contribution in [2.45, 2.75) is 90.2 Å². The predicted octanol–water partition coefficient (Wildman–Crippen LogP) is 5.66. The molecule has 5 nitrogen and oxygen atoms in total. The smallest absolute Gasteiger partial charge is 0.158 e. The van der Waals surface area contributed by atoms with Crippen molar-refractivity contribution >= 4 is 16.7 Å². The molecule has 7 rings (SSSR count). The summed E-state index contributed by atoms with van der Waals surface area (Å²) in [7, 11) is 0. The first-order chi connectivity index (χ1) is 16.9. The standard InChI is InChI=1S/C30H41N3O2/c1-29(35)11-8-20-18(14-29)6-7-24-21(20)9-12-30(2)27(24)22-4-3-5-23(22)28(30)26(34)17-33-25-16-31-13-10-19(25)15-32-33/h10,13,15-16,18,20-24,27-28,35H,3-9,11-12,14,17H2,1-2H3/t18?,20-,21+,22+,23-,24?,27?,28+,29+,30-/m0/s1. The number of hydrogen-bond acceptors (Lipinski definition) is 4. The molecule has 3 unspecified atom stereocenters. The zero-order valence-electron chi connectivity index (χ0n) is 21.4. The van der Waals surface area contributed by atoms with Gasteiger partial charge in [0, 0.05) is 17.5 Å². The lowest BCUT2D eigenvalue weighted by atomic mass is 9.48. The van der Waals surface area contributed by atoms with Crippen LogP contribution in [0.4, 0.5) is 0 Å². The molecule has 0 spiro atoms. The van der Waals surface area contributed by atoms with Gasteiger partial charge in [0.1, 0.15) is 6.54 Å². The van der Waals surface area contributed by atoms with Crippen molar-refractivity contribution in [1.29, 1.82) is 0 Å². The number of hydrogen-bond donors (Lipinski definition) is 1. The largest absolute Gasteiger partial charge is 0.390 e. The number of carbonyl (C=O) groups excluding carboxylic acids is 1. The van der Waals surface area contributed by atoms with E-state index in [0.29, 0.717) is 30.1 Å². The average molecular weight is 476 g/mol. The first-order valence-corrected chi connectivity index (χ1v) is 14.4. The number of aromatic nitrogens is 3. The van der Waals surface area contributed by atoms with E-state index in [2.05, 4.69) is 23.9 Å². The van der Waals surface area contributed by atoms with Crippen LogP contribution in [0.1, 0.15) is 78.1 Å². The molecule has 2 aromatic rings. The van der Waals surface area contributed by atoms with E-state index in [1.54, 1.807) is 6.20 Å². The summed E-state index contributed by atoms with van der Waals surface area (Å²) in [6, 6.07) is 1.98. The molecule has 0 aromatic carbocycles. The van der Waals surface area contributed by atoms with Crippen molar-refractivity contribution in [2.75, 3.05) is 0 Å². The number of rotatable bonds is 3. The Morgan fingerprint density at radius 3 is 2.69 bits per heavy atom. The lowest BCUT2D eigenvalue weighted by Gasteiger charge is -2.57. The molecular formula is C30H41N3O2. The van der Waals surface area contributed by atoms with E-state index < -0.39 is 5.60 Å². The van der Waals surface area contributed by atoms with Crippen LogP contribution in [0.25, 0.3) is 10.9 Å². The Morgan fingerprint density at radius 1 is 1.00 bits per heavy atom. The number of pyridine rings is 1. The van der Waals surface area contributed by atoms with Crippen LogP contribution >= 0.6 is 0 Å². The summed E-state index contributed by atoms with van der Waals surface area (Å²) in [6.45, 7) is 4.96. The Balaban J connectivity index is 1.18. The molecule has 0 aliphatic heterocycles. The Labute approximate surface area is 209 Å². The number of fused-ring (bicyclic) bond motifs is 8. The second kappa shape index (κ2) is 7.87. The van der Waals surface area contributed by atoms with Gasteiger partial charge in [0.05, 0.1) is 23.5 Å². The van der Waals surface area contributed by atoms with Gasteiger partial charge in [-0.2, -0.15) is 5.10 Å². The highest BCUT2D eigenvalue weighted by molar-refractivity contribution is 5.85. The molecule has 10 atom stereocenters. The summed E-state index contributed by atoms with van der Waals surface area (Å²) in [4.78, 5) is 18.4. The topological polar surface area (TPSA) is 68.0 Å². The van der Waals surface area contributed by atoms with Crippen LogP contribution in [-0.2, 0) is 11.3 Å². The van der Waals surface area contributed by atoms with E-state index in [1.165, 1.54) is 51.4 Å². The Bertz CT molecular complexity index is 1140. The van der Waals surface area contributed by atoms with Gasteiger partial charge in [-0.1, -0.05) is 13.3 Å². The van der Waals surface area contributed by atoms with Gasteiger partial charge in [-0.05, 0) is 118 Å². The highest BCUT2D eigenvalue weighted by Crippen LogP contribution is 2.70. The maximum atomic E-state index is 14.1. The normalized spacial score (nSPS) is 46.6. The van der Waals surface area contributed by atoms with Crippen LogP contribution in [0, 0.1) is 52.8 Å². The second-order valence-corrected chi connectivity index (χ2v) is 13.6. The van der Waals surface area contributed by atoms with Gasteiger partial charge < -0.3 is 5.11 Å². The SMILES string of the molecule is C[C@@]1(O)CC[C@H]2C(CCC3C4[C@@H]5CCC[C@@H]5[C@H](C(=O)Cn5ncc6ccncc65)[C@@]4(C)CC[C@@H]32)C1. The van der Waals surface area contributed by atoms with E-state index in [4.69, 9.17) is 0 Å². The van der Waals surface area contributed by atoms with Gasteiger partial charge in [0.15, 0.2) is 5.78 Å². The third kappa shape index (κ3) is 3.32. The van der Waals surface area contributed by atoms with Crippen molar-refractivity contribution in [2.24, 2.45) is 52.8 Å². The van der Waals surface area contributed by atoms with Crippen molar-refractivity contribution in [3.8, 4) is 0 Å². The number of nitrogens with zero attached hydrogens (tertiary/aromatic N) is 3. The molecule has 0 amide bonds. The highest BCUT2D eigenvalue weighted by Gasteiger charge is 2.66. The summed E-state index contributed by atoms with van der Waals surface area (Å²) >= 11 is 0. The lowest BCUT2D eigenvalue weighted by molar-refractivity contribution is -0.135. The lowest BCUT2D eigenvalue weighted by Crippen LogP contribution is -2.52. The minimum atomic E-state index is -0.454. The van der Waals surface area contributed by atoms with Gasteiger partial charge in [0.25, 0.3) is 0 Å². The fourth-order valence-corrected chi connectivity index (χ4v) is 10.8.